The number of aliphatic carboxylic acids is 1. The second-order valence-corrected chi connectivity index (χ2v) is 4.26. The Labute approximate surface area is 91.2 Å². The van der Waals surface area contributed by atoms with Crippen LogP contribution in [0.15, 0.2) is 0 Å². The standard InChI is InChI=1S/C11H21NO3/c1-3-15-9-11(2,10(13)14)12-7-5-4-6-8-12/h3-9H2,1-2H3,(H,13,14). The summed E-state index contributed by atoms with van der Waals surface area (Å²) in [6, 6.07) is 0. The van der Waals surface area contributed by atoms with Crippen molar-refractivity contribution in [3.8, 4) is 0 Å². The zero-order valence-corrected chi connectivity index (χ0v) is 9.66. The third-order valence-electron chi connectivity index (χ3n) is 3.10. The maximum atomic E-state index is 11.3. The Morgan fingerprint density at radius 3 is 2.47 bits per heavy atom. The number of carboxylic acids is 1. The van der Waals surface area contributed by atoms with Crippen molar-refractivity contribution in [2.45, 2.75) is 38.6 Å². The lowest BCUT2D eigenvalue weighted by atomic mass is 9.97. The number of carboxylic acid groups (broad SMARTS) is 1. The molecule has 15 heavy (non-hydrogen) atoms. The largest absolute Gasteiger partial charge is 0.480 e. The fourth-order valence-corrected chi connectivity index (χ4v) is 1.98. The van der Waals surface area contributed by atoms with Crippen LogP contribution < -0.4 is 0 Å². The molecule has 0 radical (unpaired) electrons. The van der Waals surface area contributed by atoms with Gasteiger partial charge in [-0.25, -0.2) is 0 Å². The molecule has 4 heteroatoms. The first-order chi connectivity index (χ1) is 7.11. The molecule has 0 aromatic carbocycles. The van der Waals surface area contributed by atoms with E-state index in [0.717, 1.165) is 25.9 Å². The van der Waals surface area contributed by atoms with Crippen LogP contribution in [-0.2, 0) is 9.53 Å². The summed E-state index contributed by atoms with van der Waals surface area (Å²) in [6.07, 6.45) is 3.39. The number of rotatable bonds is 5. The molecule has 1 N–H and O–H groups in total. The normalized spacial score (nSPS) is 22.3. The van der Waals surface area contributed by atoms with E-state index in [1.54, 1.807) is 6.92 Å². The van der Waals surface area contributed by atoms with Crippen molar-refractivity contribution in [1.29, 1.82) is 0 Å². The quantitative estimate of drug-likeness (QED) is 0.752. The van der Waals surface area contributed by atoms with Gasteiger partial charge < -0.3 is 9.84 Å². The van der Waals surface area contributed by atoms with Gasteiger partial charge in [-0.05, 0) is 39.8 Å². The summed E-state index contributed by atoms with van der Waals surface area (Å²) in [6.45, 7) is 6.23. The summed E-state index contributed by atoms with van der Waals surface area (Å²) in [5.41, 5.74) is -0.851. The maximum Gasteiger partial charge on any atom is 0.326 e. The molecule has 88 valence electrons. The van der Waals surface area contributed by atoms with Gasteiger partial charge in [-0.3, -0.25) is 9.69 Å². The Bertz CT molecular complexity index is 214. The second kappa shape index (κ2) is 5.47. The first kappa shape index (κ1) is 12.5. The number of hydrogen-bond donors (Lipinski definition) is 1. The van der Waals surface area contributed by atoms with Gasteiger partial charge in [-0.1, -0.05) is 6.42 Å². The minimum absolute atomic E-state index is 0.277. The van der Waals surface area contributed by atoms with Crippen LogP contribution in [-0.4, -0.2) is 47.8 Å². The molecular weight excluding hydrogens is 194 g/mol. The molecule has 4 nitrogen and oxygen atoms in total. The van der Waals surface area contributed by atoms with Gasteiger partial charge in [-0.2, -0.15) is 0 Å². The van der Waals surface area contributed by atoms with Crippen LogP contribution in [0, 0.1) is 0 Å². The van der Waals surface area contributed by atoms with E-state index in [9.17, 15) is 9.90 Å². The molecule has 0 aromatic heterocycles. The summed E-state index contributed by atoms with van der Waals surface area (Å²) in [5.74, 6) is -0.780. The van der Waals surface area contributed by atoms with E-state index >= 15 is 0 Å². The monoisotopic (exact) mass is 215 g/mol. The number of carbonyl (C=O) groups is 1. The summed E-state index contributed by atoms with van der Waals surface area (Å²) in [7, 11) is 0. The van der Waals surface area contributed by atoms with Crippen LogP contribution in [0.4, 0.5) is 0 Å². The van der Waals surface area contributed by atoms with Gasteiger partial charge in [0.2, 0.25) is 0 Å². The fraction of sp³-hybridized carbons (Fsp3) is 0.909. The summed E-state index contributed by atoms with van der Waals surface area (Å²) in [5, 5.41) is 9.29. The highest BCUT2D eigenvalue weighted by molar-refractivity contribution is 5.78. The van der Waals surface area contributed by atoms with Crippen LogP contribution in [0.5, 0.6) is 0 Å². The van der Waals surface area contributed by atoms with Crippen LogP contribution >= 0.6 is 0 Å². The van der Waals surface area contributed by atoms with Gasteiger partial charge in [0, 0.05) is 6.61 Å². The predicted octanol–water partition coefficient (Wildman–Crippen LogP) is 1.35. The Balaban J connectivity index is 2.65. The Hall–Kier alpha value is -0.610. The molecule has 0 spiro atoms. The minimum atomic E-state index is -0.851. The van der Waals surface area contributed by atoms with Gasteiger partial charge in [0.05, 0.1) is 6.61 Å². The van der Waals surface area contributed by atoms with Crippen molar-refractivity contribution < 1.29 is 14.6 Å². The maximum absolute atomic E-state index is 11.3. The van der Waals surface area contributed by atoms with Crippen molar-refractivity contribution >= 4 is 5.97 Å². The molecule has 1 aliphatic rings. The number of hydrogen-bond acceptors (Lipinski definition) is 3. The lowest BCUT2D eigenvalue weighted by Gasteiger charge is -2.39. The molecule has 1 unspecified atom stereocenters. The SMILES string of the molecule is CCOCC(C)(C(=O)O)N1CCCCC1. The van der Waals surface area contributed by atoms with Gasteiger partial charge in [-0.15, -0.1) is 0 Å². The number of nitrogens with zero attached hydrogens (tertiary/aromatic N) is 1. The summed E-state index contributed by atoms with van der Waals surface area (Å²) < 4.78 is 5.29. The predicted molar refractivity (Wildman–Crippen MR) is 58.0 cm³/mol. The van der Waals surface area contributed by atoms with Gasteiger partial charge in [0.15, 0.2) is 0 Å². The van der Waals surface area contributed by atoms with E-state index in [2.05, 4.69) is 0 Å². The molecule has 0 saturated carbocycles. The molecule has 1 saturated heterocycles. The Kier molecular flexibility index (Phi) is 4.54. The highest BCUT2D eigenvalue weighted by atomic mass is 16.5. The Morgan fingerprint density at radius 1 is 1.40 bits per heavy atom. The average Bonchev–Trinajstić information content (AvgIpc) is 2.27. The molecular formula is C11H21NO3. The van der Waals surface area contributed by atoms with Crippen LogP contribution in [0.3, 0.4) is 0 Å². The smallest absolute Gasteiger partial charge is 0.326 e. The first-order valence-corrected chi connectivity index (χ1v) is 5.67. The lowest BCUT2D eigenvalue weighted by Crippen LogP contribution is -2.57. The van der Waals surface area contributed by atoms with E-state index in [1.165, 1.54) is 6.42 Å². The van der Waals surface area contributed by atoms with Crippen LogP contribution in [0.1, 0.15) is 33.1 Å². The highest BCUT2D eigenvalue weighted by Gasteiger charge is 2.40. The third-order valence-corrected chi connectivity index (χ3v) is 3.10. The summed E-state index contributed by atoms with van der Waals surface area (Å²) in [4.78, 5) is 13.3. The van der Waals surface area contributed by atoms with Crippen LogP contribution in [0.2, 0.25) is 0 Å². The molecule has 1 rings (SSSR count). The van der Waals surface area contributed by atoms with Crippen molar-refractivity contribution in [2.75, 3.05) is 26.3 Å². The minimum Gasteiger partial charge on any atom is -0.480 e. The number of likely N-dealkylation sites (tertiary alicyclic amines) is 1. The molecule has 1 aliphatic heterocycles. The van der Waals surface area contributed by atoms with Crippen molar-refractivity contribution in [2.24, 2.45) is 0 Å². The topological polar surface area (TPSA) is 49.8 Å². The van der Waals surface area contributed by atoms with E-state index in [4.69, 9.17) is 4.74 Å². The zero-order valence-electron chi connectivity index (χ0n) is 9.66. The van der Waals surface area contributed by atoms with Gasteiger partial charge in [0.1, 0.15) is 5.54 Å². The molecule has 0 aromatic rings. The fourth-order valence-electron chi connectivity index (χ4n) is 1.98. The molecule has 0 bridgehead atoms. The van der Waals surface area contributed by atoms with Crippen molar-refractivity contribution in [3.05, 3.63) is 0 Å². The van der Waals surface area contributed by atoms with E-state index in [0.29, 0.717) is 6.61 Å². The number of ether oxygens (including phenoxy) is 1. The van der Waals surface area contributed by atoms with Crippen molar-refractivity contribution in [3.63, 3.8) is 0 Å². The average molecular weight is 215 g/mol. The highest BCUT2D eigenvalue weighted by Crippen LogP contribution is 2.21. The molecule has 1 heterocycles. The third kappa shape index (κ3) is 2.92. The molecule has 1 fully saturated rings. The molecule has 0 aliphatic carbocycles. The van der Waals surface area contributed by atoms with Crippen molar-refractivity contribution in [1.82, 2.24) is 4.90 Å². The van der Waals surface area contributed by atoms with E-state index < -0.39 is 11.5 Å². The zero-order chi connectivity index (χ0) is 11.3. The number of piperidine rings is 1. The van der Waals surface area contributed by atoms with Gasteiger partial charge in [0.25, 0.3) is 0 Å². The molecule has 0 amide bonds. The van der Waals surface area contributed by atoms with Gasteiger partial charge >= 0.3 is 5.97 Å². The Morgan fingerprint density at radius 2 is 2.00 bits per heavy atom. The second-order valence-electron chi connectivity index (χ2n) is 4.26. The van der Waals surface area contributed by atoms with Crippen LogP contribution in [0.25, 0.3) is 0 Å². The summed E-state index contributed by atoms with van der Waals surface area (Å²) >= 11 is 0. The lowest BCUT2D eigenvalue weighted by molar-refractivity contribution is -0.155. The first-order valence-electron chi connectivity index (χ1n) is 5.67. The van der Waals surface area contributed by atoms with E-state index in [1.807, 2.05) is 11.8 Å². The van der Waals surface area contributed by atoms with E-state index in [-0.39, 0.29) is 6.61 Å². The molecule has 1 atom stereocenters.